The molecule has 0 spiro atoms. The van der Waals surface area contributed by atoms with Gasteiger partial charge in [-0.25, -0.2) is 0 Å². The van der Waals surface area contributed by atoms with Crippen LogP contribution in [0.3, 0.4) is 0 Å². The fourth-order valence-corrected chi connectivity index (χ4v) is 1.22. The largest absolute Gasteiger partial charge is 0.378 e. The summed E-state index contributed by atoms with van der Waals surface area (Å²) in [6.07, 6.45) is 2.03. The van der Waals surface area contributed by atoms with Crippen molar-refractivity contribution in [3.05, 3.63) is 0 Å². The van der Waals surface area contributed by atoms with E-state index >= 15 is 0 Å². The normalized spacial score (nSPS) is 41.0. The van der Waals surface area contributed by atoms with Gasteiger partial charge < -0.3 is 10.5 Å². The first-order valence-corrected chi connectivity index (χ1v) is 2.97. The second-order valence-electron chi connectivity index (χ2n) is 2.82. The Morgan fingerprint density at radius 2 is 2.00 bits per heavy atom. The molecule has 0 saturated heterocycles. The maximum Gasteiger partial charge on any atom is 0.0680 e. The van der Waals surface area contributed by atoms with E-state index in [1.165, 1.54) is 0 Å². The summed E-state index contributed by atoms with van der Waals surface area (Å²) in [7, 11) is 1.74. The molecule has 0 atom stereocenters. The first-order chi connectivity index (χ1) is 3.66. The molecule has 0 aromatic carbocycles. The van der Waals surface area contributed by atoms with Gasteiger partial charge in [-0.1, -0.05) is 0 Å². The molecule has 3 heteroatoms. The minimum absolute atomic E-state index is 0. The quantitative estimate of drug-likeness (QED) is 0.606. The molecule has 0 aliphatic heterocycles. The van der Waals surface area contributed by atoms with Gasteiger partial charge in [-0.15, -0.1) is 12.4 Å². The van der Waals surface area contributed by atoms with Gasteiger partial charge >= 0.3 is 0 Å². The number of methoxy groups -OCH3 is 1. The standard InChI is InChI=1S/C6H13NO.ClH/c1-6(8-2)3-5(7)4-6;/h5H,3-4,7H2,1-2H3;1H. The minimum atomic E-state index is 0. The molecule has 0 aromatic heterocycles. The van der Waals surface area contributed by atoms with Crippen molar-refractivity contribution in [2.45, 2.75) is 31.4 Å². The molecule has 56 valence electrons. The maximum atomic E-state index is 5.55. The Labute approximate surface area is 62.2 Å². The highest BCUT2D eigenvalue weighted by Crippen LogP contribution is 2.32. The SMILES string of the molecule is COC1(C)CC(N)C1.Cl. The van der Waals surface area contributed by atoms with Gasteiger partial charge in [-0.05, 0) is 19.8 Å². The lowest BCUT2D eigenvalue weighted by Gasteiger charge is -2.41. The molecule has 1 aliphatic rings. The first kappa shape index (κ1) is 9.21. The molecular weight excluding hydrogens is 138 g/mol. The van der Waals surface area contributed by atoms with Crippen LogP contribution in [0.15, 0.2) is 0 Å². The Hall–Kier alpha value is 0.210. The number of rotatable bonds is 1. The van der Waals surface area contributed by atoms with Crippen LogP contribution in [0.4, 0.5) is 0 Å². The summed E-state index contributed by atoms with van der Waals surface area (Å²) in [5.74, 6) is 0. The van der Waals surface area contributed by atoms with Gasteiger partial charge in [-0.3, -0.25) is 0 Å². The molecule has 0 amide bonds. The van der Waals surface area contributed by atoms with Gasteiger partial charge in [0, 0.05) is 13.2 Å². The van der Waals surface area contributed by atoms with Crippen LogP contribution in [-0.2, 0) is 4.74 Å². The van der Waals surface area contributed by atoms with Crippen LogP contribution in [0.25, 0.3) is 0 Å². The number of nitrogens with two attached hydrogens (primary N) is 1. The predicted molar refractivity (Wildman–Crippen MR) is 39.9 cm³/mol. The van der Waals surface area contributed by atoms with Gasteiger partial charge in [0.15, 0.2) is 0 Å². The second kappa shape index (κ2) is 2.86. The summed E-state index contributed by atoms with van der Waals surface area (Å²) in [5.41, 5.74) is 5.66. The zero-order valence-corrected chi connectivity index (χ0v) is 6.70. The fourth-order valence-electron chi connectivity index (χ4n) is 1.22. The smallest absolute Gasteiger partial charge is 0.0680 e. The molecule has 2 N–H and O–H groups in total. The number of hydrogen-bond acceptors (Lipinski definition) is 2. The van der Waals surface area contributed by atoms with Crippen LogP contribution in [0.1, 0.15) is 19.8 Å². The van der Waals surface area contributed by atoms with Crippen molar-refractivity contribution in [1.29, 1.82) is 0 Å². The maximum absolute atomic E-state index is 5.55. The Bertz CT molecular complexity index is 91.1. The van der Waals surface area contributed by atoms with E-state index in [1.54, 1.807) is 7.11 Å². The number of ether oxygens (including phenoxy) is 1. The van der Waals surface area contributed by atoms with E-state index in [1.807, 2.05) is 0 Å². The Kier molecular flexibility index (Phi) is 2.93. The Balaban J connectivity index is 0.000000640. The average molecular weight is 152 g/mol. The minimum Gasteiger partial charge on any atom is -0.378 e. The van der Waals surface area contributed by atoms with Gasteiger partial charge in [0.2, 0.25) is 0 Å². The van der Waals surface area contributed by atoms with Crippen molar-refractivity contribution in [3.8, 4) is 0 Å². The zero-order valence-electron chi connectivity index (χ0n) is 5.89. The summed E-state index contributed by atoms with van der Waals surface area (Å²) in [6, 6.07) is 0.389. The van der Waals surface area contributed by atoms with E-state index in [4.69, 9.17) is 10.5 Å². The van der Waals surface area contributed by atoms with E-state index in [2.05, 4.69) is 6.92 Å². The molecule has 1 fully saturated rings. The van der Waals surface area contributed by atoms with Crippen LogP contribution in [0.5, 0.6) is 0 Å². The lowest BCUT2D eigenvalue weighted by molar-refractivity contribution is -0.0667. The van der Waals surface area contributed by atoms with E-state index in [-0.39, 0.29) is 18.0 Å². The molecule has 0 radical (unpaired) electrons. The van der Waals surface area contributed by atoms with Crippen LogP contribution < -0.4 is 5.73 Å². The van der Waals surface area contributed by atoms with Gasteiger partial charge in [0.1, 0.15) is 0 Å². The summed E-state index contributed by atoms with van der Waals surface area (Å²) in [6.45, 7) is 2.09. The third kappa shape index (κ3) is 1.81. The monoisotopic (exact) mass is 151 g/mol. The third-order valence-electron chi connectivity index (χ3n) is 1.88. The molecule has 0 unspecified atom stereocenters. The van der Waals surface area contributed by atoms with Gasteiger partial charge in [0.25, 0.3) is 0 Å². The fraction of sp³-hybridized carbons (Fsp3) is 1.00. The first-order valence-electron chi connectivity index (χ1n) is 2.97. The Morgan fingerprint density at radius 1 is 1.56 bits per heavy atom. The van der Waals surface area contributed by atoms with E-state index in [9.17, 15) is 0 Å². The van der Waals surface area contributed by atoms with Crippen LogP contribution >= 0.6 is 12.4 Å². The summed E-state index contributed by atoms with van der Waals surface area (Å²) < 4.78 is 5.16. The molecule has 0 heterocycles. The molecule has 1 saturated carbocycles. The number of hydrogen-bond donors (Lipinski definition) is 1. The van der Waals surface area contributed by atoms with Crippen molar-refractivity contribution >= 4 is 12.4 Å². The zero-order chi connectivity index (χ0) is 6.20. The lowest BCUT2D eigenvalue weighted by Crippen LogP contribution is -2.50. The molecule has 1 aliphatic carbocycles. The topological polar surface area (TPSA) is 35.2 Å². The van der Waals surface area contributed by atoms with Crippen molar-refractivity contribution in [3.63, 3.8) is 0 Å². The number of halogens is 1. The van der Waals surface area contributed by atoms with Crippen molar-refractivity contribution in [1.82, 2.24) is 0 Å². The molecule has 9 heavy (non-hydrogen) atoms. The van der Waals surface area contributed by atoms with Gasteiger partial charge in [-0.2, -0.15) is 0 Å². The molecule has 1 rings (SSSR count). The summed E-state index contributed by atoms with van der Waals surface area (Å²) in [4.78, 5) is 0. The predicted octanol–water partition coefficient (Wildman–Crippen LogP) is 0.934. The van der Waals surface area contributed by atoms with E-state index in [0.717, 1.165) is 12.8 Å². The van der Waals surface area contributed by atoms with Gasteiger partial charge in [0.05, 0.1) is 5.60 Å². The van der Waals surface area contributed by atoms with Crippen molar-refractivity contribution < 1.29 is 4.74 Å². The summed E-state index contributed by atoms with van der Waals surface area (Å²) >= 11 is 0. The van der Waals surface area contributed by atoms with Crippen LogP contribution in [0, 0.1) is 0 Å². The highest BCUT2D eigenvalue weighted by molar-refractivity contribution is 5.85. The molecular formula is C6H14ClNO. The second-order valence-corrected chi connectivity index (χ2v) is 2.82. The van der Waals surface area contributed by atoms with E-state index < -0.39 is 0 Å². The lowest BCUT2D eigenvalue weighted by atomic mass is 9.78. The highest BCUT2D eigenvalue weighted by atomic mass is 35.5. The Morgan fingerprint density at radius 3 is 2.11 bits per heavy atom. The third-order valence-corrected chi connectivity index (χ3v) is 1.88. The molecule has 0 bridgehead atoms. The highest BCUT2D eigenvalue weighted by Gasteiger charge is 2.37. The molecule has 2 nitrogen and oxygen atoms in total. The summed E-state index contributed by atoms with van der Waals surface area (Å²) in [5, 5.41) is 0. The average Bonchev–Trinajstić information content (AvgIpc) is 1.63. The molecule has 0 aromatic rings. The van der Waals surface area contributed by atoms with Crippen molar-refractivity contribution in [2.75, 3.05) is 7.11 Å². The van der Waals surface area contributed by atoms with E-state index in [0.29, 0.717) is 6.04 Å². The van der Waals surface area contributed by atoms with Crippen molar-refractivity contribution in [2.24, 2.45) is 5.73 Å². The van der Waals surface area contributed by atoms with Crippen LogP contribution in [-0.4, -0.2) is 18.8 Å². The van der Waals surface area contributed by atoms with Crippen LogP contribution in [0.2, 0.25) is 0 Å².